The van der Waals surface area contributed by atoms with Crippen LogP contribution in [0.25, 0.3) is 11.0 Å². The standard InChI is InChI=1S/C23H32N4O4.H2O/c1-25(23(29)27-10-3-4-11-27)13-14-26-12-8-19(20(16-26)30-2)24-22(28)18-7-5-6-17-9-15-31-21(17)18;/h5-7,9,15,19-20H,3-4,8,10-14,16H2,1-2H3,(H,24,28);1H2. The van der Waals surface area contributed by atoms with E-state index in [1.165, 1.54) is 0 Å². The van der Waals surface area contributed by atoms with Gasteiger partial charge in [-0.2, -0.15) is 0 Å². The molecule has 9 heteroatoms. The number of fused-ring (bicyclic) bond motifs is 1. The van der Waals surface area contributed by atoms with Gasteiger partial charge in [-0.25, -0.2) is 4.79 Å². The minimum atomic E-state index is -0.142. The van der Waals surface area contributed by atoms with Crippen LogP contribution in [-0.2, 0) is 4.74 Å². The summed E-state index contributed by atoms with van der Waals surface area (Å²) in [5.41, 5.74) is 1.15. The second kappa shape index (κ2) is 10.8. The van der Waals surface area contributed by atoms with Crippen LogP contribution < -0.4 is 5.32 Å². The molecular weight excluding hydrogens is 412 g/mol. The number of rotatable bonds is 6. The Morgan fingerprint density at radius 2 is 2.00 bits per heavy atom. The van der Waals surface area contributed by atoms with Crippen LogP contribution in [0, 0.1) is 0 Å². The highest BCUT2D eigenvalue weighted by Gasteiger charge is 2.31. The summed E-state index contributed by atoms with van der Waals surface area (Å²) in [4.78, 5) is 31.4. The van der Waals surface area contributed by atoms with E-state index in [1.807, 2.05) is 35.0 Å². The van der Waals surface area contributed by atoms with Crippen LogP contribution in [0.3, 0.4) is 0 Å². The van der Waals surface area contributed by atoms with Crippen molar-refractivity contribution in [3.05, 3.63) is 36.1 Å². The summed E-state index contributed by atoms with van der Waals surface area (Å²) in [6.45, 7) is 4.78. The van der Waals surface area contributed by atoms with Crippen molar-refractivity contribution in [1.29, 1.82) is 0 Å². The van der Waals surface area contributed by atoms with Gasteiger partial charge in [-0.1, -0.05) is 12.1 Å². The lowest BCUT2D eigenvalue weighted by Crippen LogP contribution is -2.55. The molecule has 2 aromatic rings. The zero-order valence-corrected chi connectivity index (χ0v) is 18.9. The fourth-order valence-electron chi connectivity index (χ4n) is 4.54. The highest BCUT2D eigenvalue weighted by Crippen LogP contribution is 2.21. The number of para-hydroxylation sites is 1. The molecule has 2 saturated heterocycles. The Balaban J connectivity index is 0.00000289. The van der Waals surface area contributed by atoms with Crippen molar-refractivity contribution in [2.75, 3.05) is 53.4 Å². The molecule has 1 aromatic heterocycles. The number of carbonyl (C=O) groups is 2. The summed E-state index contributed by atoms with van der Waals surface area (Å²) in [7, 11) is 3.56. The first-order valence-corrected chi connectivity index (χ1v) is 11.1. The number of benzene rings is 1. The van der Waals surface area contributed by atoms with E-state index in [1.54, 1.807) is 19.4 Å². The molecule has 9 nitrogen and oxygen atoms in total. The summed E-state index contributed by atoms with van der Waals surface area (Å²) < 4.78 is 11.2. The Bertz CT molecular complexity index is 911. The third kappa shape index (κ3) is 5.23. The summed E-state index contributed by atoms with van der Waals surface area (Å²) in [6.07, 6.45) is 4.49. The number of likely N-dealkylation sites (tertiary alicyclic amines) is 2. The molecule has 2 atom stereocenters. The summed E-state index contributed by atoms with van der Waals surface area (Å²) >= 11 is 0. The van der Waals surface area contributed by atoms with Gasteiger partial charge in [-0.05, 0) is 31.4 Å². The van der Waals surface area contributed by atoms with Crippen LogP contribution >= 0.6 is 0 Å². The SMILES string of the molecule is COC1CN(CCN(C)C(=O)N2CCCC2)CCC1NC(=O)c1cccc2ccoc12.O. The van der Waals surface area contributed by atoms with Crippen molar-refractivity contribution >= 4 is 22.9 Å². The number of nitrogens with one attached hydrogen (secondary N) is 1. The Morgan fingerprint density at radius 3 is 2.75 bits per heavy atom. The van der Waals surface area contributed by atoms with Gasteiger partial charge in [-0.15, -0.1) is 0 Å². The Morgan fingerprint density at radius 1 is 1.22 bits per heavy atom. The van der Waals surface area contributed by atoms with E-state index < -0.39 is 0 Å². The quantitative estimate of drug-likeness (QED) is 0.724. The molecular formula is C23H34N4O5. The maximum atomic E-state index is 12.9. The van der Waals surface area contributed by atoms with E-state index in [9.17, 15) is 9.59 Å². The normalized spacial score (nSPS) is 21.4. The largest absolute Gasteiger partial charge is 0.464 e. The topological polar surface area (TPSA) is 110 Å². The number of furan rings is 1. The van der Waals surface area contributed by atoms with Crippen molar-refractivity contribution < 1.29 is 24.2 Å². The lowest BCUT2D eigenvalue weighted by atomic mass is 10.0. The zero-order chi connectivity index (χ0) is 21.8. The van der Waals surface area contributed by atoms with Gasteiger partial charge in [0.1, 0.15) is 5.58 Å². The second-order valence-electron chi connectivity index (χ2n) is 8.49. The molecule has 2 fully saturated rings. The van der Waals surface area contributed by atoms with E-state index in [4.69, 9.17) is 9.15 Å². The Kier molecular flexibility index (Phi) is 8.11. The minimum Gasteiger partial charge on any atom is -0.464 e. The highest BCUT2D eigenvalue weighted by molar-refractivity contribution is 6.04. The van der Waals surface area contributed by atoms with E-state index in [0.717, 1.165) is 57.4 Å². The third-order valence-electron chi connectivity index (χ3n) is 6.44. The van der Waals surface area contributed by atoms with Crippen LogP contribution in [-0.4, -0.2) is 97.7 Å². The van der Waals surface area contributed by atoms with Gasteiger partial charge in [-0.3, -0.25) is 9.69 Å². The van der Waals surface area contributed by atoms with Crippen LogP contribution in [0.2, 0.25) is 0 Å². The molecule has 0 saturated carbocycles. The van der Waals surface area contributed by atoms with Gasteiger partial charge in [0.15, 0.2) is 0 Å². The van der Waals surface area contributed by atoms with E-state index in [0.29, 0.717) is 17.7 Å². The number of hydrogen-bond acceptors (Lipinski definition) is 5. The van der Waals surface area contributed by atoms with Gasteiger partial charge in [0, 0.05) is 58.8 Å². The number of ether oxygens (including phenoxy) is 1. The van der Waals surface area contributed by atoms with Crippen molar-refractivity contribution in [3.63, 3.8) is 0 Å². The number of carbonyl (C=O) groups excluding carboxylic acids is 2. The molecule has 2 aliphatic rings. The van der Waals surface area contributed by atoms with Crippen molar-refractivity contribution in [2.24, 2.45) is 0 Å². The van der Waals surface area contributed by atoms with Crippen LogP contribution in [0.15, 0.2) is 34.9 Å². The van der Waals surface area contributed by atoms with Crippen molar-refractivity contribution in [2.45, 2.75) is 31.4 Å². The maximum absolute atomic E-state index is 12.9. The second-order valence-corrected chi connectivity index (χ2v) is 8.49. The smallest absolute Gasteiger partial charge is 0.319 e. The monoisotopic (exact) mass is 446 g/mol. The number of amides is 3. The number of nitrogens with zero attached hydrogens (tertiary/aromatic N) is 3. The summed E-state index contributed by atoms with van der Waals surface area (Å²) in [6, 6.07) is 7.48. The average molecular weight is 447 g/mol. The molecule has 0 bridgehead atoms. The zero-order valence-electron chi connectivity index (χ0n) is 18.9. The molecule has 4 rings (SSSR count). The average Bonchev–Trinajstić information content (AvgIpc) is 3.49. The van der Waals surface area contributed by atoms with Crippen molar-refractivity contribution in [3.8, 4) is 0 Å². The van der Waals surface area contributed by atoms with Crippen molar-refractivity contribution in [1.82, 2.24) is 20.0 Å². The molecule has 3 heterocycles. The summed E-state index contributed by atoms with van der Waals surface area (Å²) in [5, 5.41) is 4.05. The van der Waals surface area contributed by atoms with E-state index >= 15 is 0 Å². The van der Waals surface area contributed by atoms with Gasteiger partial charge < -0.3 is 29.7 Å². The number of hydrogen-bond donors (Lipinski definition) is 1. The molecule has 3 amide bonds. The maximum Gasteiger partial charge on any atom is 0.319 e. The highest BCUT2D eigenvalue weighted by atomic mass is 16.5. The van der Waals surface area contributed by atoms with Gasteiger partial charge in [0.25, 0.3) is 5.91 Å². The predicted molar refractivity (Wildman–Crippen MR) is 122 cm³/mol. The first-order chi connectivity index (χ1) is 15.1. The fraction of sp³-hybridized carbons (Fsp3) is 0.565. The fourth-order valence-corrected chi connectivity index (χ4v) is 4.54. The number of urea groups is 1. The molecule has 2 unspecified atom stereocenters. The molecule has 2 aliphatic heterocycles. The lowest BCUT2D eigenvalue weighted by Gasteiger charge is -2.38. The molecule has 0 aliphatic carbocycles. The predicted octanol–water partition coefficient (Wildman–Crippen LogP) is 1.57. The van der Waals surface area contributed by atoms with Gasteiger partial charge >= 0.3 is 6.03 Å². The third-order valence-corrected chi connectivity index (χ3v) is 6.44. The number of methoxy groups -OCH3 is 1. The van der Waals surface area contributed by atoms with Crippen LogP contribution in [0.1, 0.15) is 29.6 Å². The summed E-state index contributed by atoms with van der Waals surface area (Å²) in [5.74, 6) is -0.142. The number of piperidine rings is 1. The van der Waals surface area contributed by atoms with Gasteiger partial charge in [0.05, 0.1) is 24.0 Å². The molecule has 0 spiro atoms. The minimum absolute atomic E-state index is 0. The molecule has 32 heavy (non-hydrogen) atoms. The van der Waals surface area contributed by atoms with Gasteiger partial charge in [0.2, 0.25) is 0 Å². The number of likely N-dealkylation sites (N-methyl/N-ethyl adjacent to an activating group) is 1. The Labute approximate surface area is 188 Å². The first-order valence-electron chi connectivity index (χ1n) is 11.1. The van der Waals surface area contributed by atoms with Crippen LogP contribution in [0.5, 0.6) is 0 Å². The molecule has 1 aromatic carbocycles. The molecule has 176 valence electrons. The Hall–Kier alpha value is -2.62. The molecule has 0 radical (unpaired) electrons. The molecule has 3 N–H and O–H groups in total. The van der Waals surface area contributed by atoms with E-state index in [-0.39, 0.29) is 29.6 Å². The lowest BCUT2D eigenvalue weighted by molar-refractivity contribution is 0.00505. The first kappa shape index (κ1) is 24.0. The van der Waals surface area contributed by atoms with Crippen LogP contribution in [0.4, 0.5) is 4.79 Å². The van der Waals surface area contributed by atoms with E-state index in [2.05, 4.69) is 10.2 Å².